The number of hydrogen-bond donors (Lipinski definition) is 3. The van der Waals surface area contributed by atoms with Crippen LogP contribution in [0, 0.1) is 0 Å². The molecule has 0 spiro atoms. The fourth-order valence-corrected chi connectivity index (χ4v) is 3.98. The molecule has 1 aliphatic heterocycles. The number of anilines is 2. The normalized spacial score (nSPS) is 14.2. The molecule has 1 aliphatic rings. The summed E-state index contributed by atoms with van der Waals surface area (Å²) in [5.74, 6) is -0.324. The smallest absolute Gasteiger partial charge is 0.270 e. The second kappa shape index (κ2) is 8.70. The first-order valence-corrected chi connectivity index (χ1v) is 11.1. The standard InChI is InChI=1S/C21H23N7O4S/c1-10(25-19(31)16-11-5-6-14(29)26-17(11)24-9-23-16)20-22-8-12(33-20)18(30)27-15-7-13(28-32-15)21(2,3)4/h7-10H,5-6H2,1-4H3,(H,25,31)(H,27,30)(H,23,24,26,29)/t10-/m1/s1. The average molecular weight is 470 g/mol. The number of thiazole rings is 1. The third-order valence-electron chi connectivity index (χ3n) is 5.00. The topological polar surface area (TPSA) is 152 Å². The van der Waals surface area contributed by atoms with Crippen molar-refractivity contribution in [2.24, 2.45) is 0 Å². The molecule has 1 atom stereocenters. The molecule has 3 amide bonds. The van der Waals surface area contributed by atoms with Crippen LogP contribution in [0.4, 0.5) is 11.7 Å². The molecular formula is C21H23N7O4S. The predicted octanol–water partition coefficient (Wildman–Crippen LogP) is 2.85. The maximum atomic E-state index is 12.8. The van der Waals surface area contributed by atoms with Crippen LogP contribution in [-0.4, -0.2) is 37.8 Å². The minimum atomic E-state index is -0.467. The molecule has 4 rings (SSSR count). The van der Waals surface area contributed by atoms with Crippen LogP contribution in [0.3, 0.4) is 0 Å². The summed E-state index contributed by atoms with van der Waals surface area (Å²) < 4.78 is 5.20. The second-order valence-corrected chi connectivity index (χ2v) is 9.70. The van der Waals surface area contributed by atoms with Gasteiger partial charge in [-0.05, 0) is 13.3 Å². The molecule has 0 radical (unpaired) electrons. The summed E-state index contributed by atoms with van der Waals surface area (Å²) >= 11 is 1.16. The Morgan fingerprint density at radius 2 is 1.97 bits per heavy atom. The molecule has 0 saturated carbocycles. The number of fused-ring (bicyclic) bond motifs is 1. The molecule has 0 unspecified atom stereocenters. The Morgan fingerprint density at radius 1 is 1.18 bits per heavy atom. The predicted molar refractivity (Wildman–Crippen MR) is 120 cm³/mol. The van der Waals surface area contributed by atoms with Crippen LogP contribution >= 0.6 is 11.3 Å². The monoisotopic (exact) mass is 469 g/mol. The highest BCUT2D eigenvalue weighted by Crippen LogP contribution is 2.26. The molecule has 4 heterocycles. The Labute approximate surface area is 193 Å². The molecule has 3 N–H and O–H groups in total. The lowest BCUT2D eigenvalue weighted by Gasteiger charge is -2.18. The summed E-state index contributed by atoms with van der Waals surface area (Å²) in [4.78, 5) is 49.7. The number of nitrogens with one attached hydrogen (secondary N) is 3. The van der Waals surface area contributed by atoms with Crippen LogP contribution in [0.1, 0.15) is 76.6 Å². The zero-order valence-electron chi connectivity index (χ0n) is 18.6. The van der Waals surface area contributed by atoms with Gasteiger partial charge in [0.25, 0.3) is 11.8 Å². The SMILES string of the molecule is C[C@@H](NC(=O)c1ncnc2c1CCC(=O)N2)c1ncc(C(=O)Nc2cc(C(C)(C)C)no2)s1. The van der Waals surface area contributed by atoms with E-state index in [9.17, 15) is 14.4 Å². The van der Waals surface area contributed by atoms with E-state index in [0.29, 0.717) is 27.7 Å². The molecule has 0 fully saturated rings. The van der Waals surface area contributed by atoms with Crippen LogP contribution in [0.15, 0.2) is 23.1 Å². The lowest BCUT2D eigenvalue weighted by molar-refractivity contribution is -0.116. The van der Waals surface area contributed by atoms with E-state index in [0.717, 1.165) is 17.0 Å². The van der Waals surface area contributed by atoms with Crippen molar-refractivity contribution in [3.63, 3.8) is 0 Å². The minimum Gasteiger partial charge on any atom is -0.342 e. The summed E-state index contributed by atoms with van der Waals surface area (Å²) in [5.41, 5.74) is 1.33. The number of amides is 3. The first-order chi connectivity index (χ1) is 15.6. The molecule has 0 aromatic carbocycles. The Balaban J connectivity index is 1.42. The van der Waals surface area contributed by atoms with Crippen molar-refractivity contribution in [1.82, 2.24) is 25.4 Å². The maximum absolute atomic E-state index is 12.8. The van der Waals surface area contributed by atoms with Gasteiger partial charge in [0.15, 0.2) is 0 Å². The Morgan fingerprint density at radius 3 is 2.70 bits per heavy atom. The fraction of sp³-hybridized carbons (Fsp3) is 0.381. The van der Waals surface area contributed by atoms with Crippen LogP contribution in [-0.2, 0) is 16.6 Å². The van der Waals surface area contributed by atoms with Crippen LogP contribution in [0.5, 0.6) is 0 Å². The number of carbonyl (C=O) groups is 3. The fourth-order valence-electron chi connectivity index (χ4n) is 3.17. The zero-order chi connectivity index (χ0) is 23.8. The zero-order valence-corrected chi connectivity index (χ0v) is 19.4. The van der Waals surface area contributed by atoms with Crippen molar-refractivity contribution in [3.8, 4) is 0 Å². The van der Waals surface area contributed by atoms with E-state index in [1.807, 2.05) is 20.8 Å². The van der Waals surface area contributed by atoms with E-state index >= 15 is 0 Å². The molecule has 0 saturated heterocycles. The maximum Gasteiger partial charge on any atom is 0.270 e. The van der Waals surface area contributed by atoms with Crippen molar-refractivity contribution in [2.75, 3.05) is 10.6 Å². The number of aromatic nitrogens is 4. The molecule has 33 heavy (non-hydrogen) atoms. The number of rotatable bonds is 5. The van der Waals surface area contributed by atoms with Gasteiger partial charge in [0.1, 0.15) is 27.7 Å². The highest BCUT2D eigenvalue weighted by molar-refractivity contribution is 7.13. The van der Waals surface area contributed by atoms with E-state index in [-0.39, 0.29) is 35.2 Å². The van der Waals surface area contributed by atoms with Gasteiger partial charge in [-0.25, -0.2) is 15.0 Å². The third-order valence-corrected chi connectivity index (χ3v) is 6.18. The Hall–Kier alpha value is -3.67. The Bertz CT molecular complexity index is 1230. The van der Waals surface area contributed by atoms with Gasteiger partial charge < -0.3 is 15.2 Å². The second-order valence-electron chi connectivity index (χ2n) is 8.64. The minimum absolute atomic E-state index is 0.144. The van der Waals surface area contributed by atoms with Crippen molar-refractivity contribution in [3.05, 3.63) is 45.4 Å². The average Bonchev–Trinajstić information content (AvgIpc) is 3.43. The van der Waals surface area contributed by atoms with E-state index in [4.69, 9.17) is 4.52 Å². The summed E-state index contributed by atoms with van der Waals surface area (Å²) in [6.07, 6.45) is 3.34. The van der Waals surface area contributed by atoms with Gasteiger partial charge >= 0.3 is 0 Å². The van der Waals surface area contributed by atoms with Crippen molar-refractivity contribution in [1.29, 1.82) is 0 Å². The van der Waals surface area contributed by atoms with E-state index < -0.39 is 11.9 Å². The number of nitrogens with zero attached hydrogens (tertiary/aromatic N) is 4. The van der Waals surface area contributed by atoms with Gasteiger partial charge in [-0.15, -0.1) is 11.3 Å². The molecule has 172 valence electrons. The van der Waals surface area contributed by atoms with Crippen molar-refractivity contribution in [2.45, 2.75) is 52.0 Å². The molecule has 11 nitrogen and oxygen atoms in total. The van der Waals surface area contributed by atoms with Gasteiger partial charge in [0.2, 0.25) is 11.8 Å². The molecular weight excluding hydrogens is 446 g/mol. The van der Waals surface area contributed by atoms with Crippen molar-refractivity contribution >= 4 is 40.8 Å². The molecule has 3 aromatic rings. The van der Waals surface area contributed by atoms with Gasteiger partial charge in [-0.3, -0.25) is 19.7 Å². The molecule has 3 aromatic heterocycles. The number of carbonyl (C=O) groups excluding carboxylic acids is 3. The summed E-state index contributed by atoms with van der Waals surface area (Å²) in [7, 11) is 0. The van der Waals surface area contributed by atoms with Gasteiger partial charge in [-0.2, -0.15) is 0 Å². The summed E-state index contributed by atoms with van der Waals surface area (Å²) in [5, 5.41) is 12.7. The highest BCUT2D eigenvalue weighted by Gasteiger charge is 2.25. The quantitative estimate of drug-likeness (QED) is 0.516. The van der Waals surface area contributed by atoms with Gasteiger partial charge in [0, 0.05) is 23.5 Å². The van der Waals surface area contributed by atoms with Crippen molar-refractivity contribution < 1.29 is 18.9 Å². The third kappa shape index (κ3) is 4.90. The van der Waals surface area contributed by atoms with Crippen LogP contribution < -0.4 is 16.0 Å². The lowest BCUT2D eigenvalue weighted by Crippen LogP contribution is -2.30. The van der Waals surface area contributed by atoms with Crippen LogP contribution in [0.2, 0.25) is 0 Å². The molecule has 12 heteroatoms. The summed E-state index contributed by atoms with van der Waals surface area (Å²) in [6, 6.07) is 1.22. The Kier molecular flexibility index (Phi) is 5.93. The highest BCUT2D eigenvalue weighted by atomic mass is 32.1. The van der Waals surface area contributed by atoms with Gasteiger partial charge in [-0.1, -0.05) is 25.9 Å². The lowest BCUT2D eigenvalue weighted by atomic mass is 9.92. The summed E-state index contributed by atoms with van der Waals surface area (Å²) in [6.45, 7) is 7.75. The largest absolute Gasteiger partial charge is 0.342 e. The molecule has 0 aliphatic carbocycles. The van der Waals surface area contributed by atoms with E-state index in [1.54, 1.807) is 13.0 Å². The van der Waals surface area contributed by atoms with Crippen LogP contribution in [0.25, 0.3) is 0 Å². The first-order valence-electron chi connectivity index (χ1n) is 10.3. The number of hydrogen-bond acceptors (Lipinski definition) is 9. The first kappa shape index (κ1) is 22.5. The van der Waals surface area contributed by atoms with Gasteiger partial charge in [0.05, 0.1) is 17.9 Å². The molecule has 0 bridgehead atoms. The van der Waals surface area contributed by atoms with E-state index in [1.165, 1.54) is 12.5 Å². The van der Waals surface area contributed by atoms with E-state index in [2.05, 4.69) is 36.1 Å².